The Labute approximate surface area is 166 Å². The van der Waals surface area contributed by atoms with Crippen LogP contribution in [0.3, 0.4) is 0 Å². The number of ether oxygens (including phenoxy) is 1. The number of hydrogen-bond acceptors (Lipinski definition) is 4. The number of amides is 1. The van der Waals surface area contributed by atoms with Crippen LogP contribution in [0.2, 0.25) is 0 Å². The van der Waals surface area contributed by atoms with E-state index in [0.717, 1.165) is 54.6 Å². The van der Waals surface area contributed by atoms with E-state index in [1.54, 1.807) is 0 Å². The third kappa shape index (κ3) is 4.21. The van der Waals surface area contributed by atoms with Gasteiger partial charge in [0.15, 0.2) is 5.82 Å². The largest absolute Gasteiger partial charge is 0.379 e. The van der Waals surface area contributed by atoms with Gasteiger partial charge in [-0.05, 0) is 17.5 Å². The summed E-state index contributed by atoms with van der Waals surface area (Å²) in [6, 6.07) is 13.5. The average Bonchev–Trinajstić information content (AvgIpc) is 3.14. The monoisotopic (exact) mass is 428 g/mol. The van der Waals surface area contributed by atoms with E-state index in [9.17, 15) is 4.79 Å². The Balaban J connectivity index is 1.44. The molecule has 2 aromatic carbocycles. The number of hydrogen-bond donors (Lipinski definition) is 1. The van der Waals surface area contributed by atoms with Gasteiger partial charge in [0, 0.05) is 47.3 Å². The second-order valence-corrected chi connectivity index (χ2v) is 7.37. The minimum absolute atomic E-state index is 0.161. The van der Waals surface area contributed by atoms with E-state index >= 15 is 0 Å². The molecule has 0 spiro atoms. The highest BCUT2D eigenvalue weighted by Gasteiger charge is 2.14. The standard InChI is InChI=1S/C20H21BrN4O2/c21-17-6-2-4-15-3-1-5-16(19(15)17)20(26)22-18-7-8-25(23-18)10-9-24-11-13-27-14-12-24/h1-8H,9-14H2,(H,22,23,26). The van der Waals surface area contributed by atoms with Gasteiger partial charge in [0.2, 0.25) is 0 Å². The zero-order chi connectivity index (χ0) is 18.6. The van der Waals surface area contributed by atoms with Gasteiger partial charge in [-0.2, -0.15) is 5.10 Å². The highest BCUT2D eigenvalue weighted by Crippen LogP contribution is 2.27. The van der Waals surface area contributed by atoms with Crippen molar-refractivity contribution in [1.82, 2.24) is 14.7 Å². The van der Waals surface area contributed by atoms with Crippen LogP contribution in [0.1, 0.15) is 10.4 Å². The number of nitrogens with zero attached hydrogens (tertiary/aromatic N) is 3. The Hall–Kier alpha value is -2.22. The summed E-state index contributed by atoms with van der Waals surface area (Å²) < 4.78 is 8.14. The maximum absolute atomic E-state index is 12.8. The van der Waals surface area contributed by atoms with Crippen LogP contribution < -0.4 is 5.32 Å². The zero-order valence-electron chi connectivity index (χ0n) is 14.9. The third-order valence-electron chi connectivity index (χ3n) is 4.73. The molecule has 0 bridgehead atoms. The van der Waals surface area contributed by atoms with Gasteiger partial charge in [0.05, 0.1) is 19.8 Å². The molecule has 0 unspecified atom stereocenters. The lowest BCUT2D eigenvalue weighted by Gasteiger charge is -2.26. The molecule has 1 aliphatic heterocycles. The second-order valence-electron chi connectivity index (χ2n) is 6.52. The average molecular weight is 429 g/mol. The van der Waals surface area contributed by atoms with Crippen LogP contribution in [-0.4, -0.2) is 53.4 Å². The molecule has 27 heavy (non-hydrogen) atoms. The van der Waals surface area contributed by atoms with E-state index in [1.165, 1.54) is 0 Å². The van der Waals surface area contributed by atoms with Crippen molar-refractivity contribution in [2.45, 2.75) is 6.54 Å². The summed E-state index contributed by atoms with van der Waals surface area (Å²) in [5, 5.41) is 9.32. The van der Waals surface area contributed by atoms with Crippen molar-refractivity contribution >= 4 is 38.4 Å². The van der Waals surface area contributed by atoms with E-state index in [-0.39, 0.29) is 5.91 Å². The quantitative estimate of drug-likeness (QED) is 0.676. The fourth-order valence-corrected chi connectivity index (χ4v) is 3.88. The first-order valence-corrected chi connectivity index (χ1v) is 9.82. The third-order valence-corrected chi connectivity index (χ3v) is 5.39. The van der Waals surface area contributed by atoms with E-state index in [1.807, 2.05) is 53.3 Å². The van der Waals surface area contributed by atoms with Crippen LogP contribution in [-0.2, 0) is 11.3 Å². The van der Waals surface area contributed by atoms with Gasteiger partial charge in [-0.1, -0.05) is 40.2 Å². The van der Waals surface area contributed by atoms with Crippen LogP contribution >= 0.6 is 15.9 Å². The number of anilines is 1. The van der Waals surface area contributed by atoms with E-state index in [2.05, 4.69) is 31.2 Å². The normalized spacial score (nSPS) is 15.1. The summed E-state index contributed by atoms with van der Waals surface area (Å²) in [7, 11) is 0. The lowest BCUT2D eigenvalue weighted by Crippen LogP contribution is -2.38. The number of benzene rings is 2. The van der Waals surface area contributed by atoms with Crippen molar-refractivity contribution in [3.05, 3.63) is 58.7 Å². The molecule has 0 saturated carbocycles. The number of fused-ring (bicyclic) bond motifs is 1. The lowest BCUT2D eigenvalue weighted by molar-refractivity contribution is 0.0360. The van der Waals surface area contributed by atoms with E-state index < -0.39 is 0 Å². The van der Waals surface area contributed by atoms with Crippen molar-refractivity contribution in [2.24, 2.45) is 0 Å². The van der Waals surface area contributed by atoms with Crippen LogP contribution in [0.25, 0.3) is 10.8 Å². The summed E-state index contributed by atoms with van der Waals surface area (Å²) in [6.45, 7) is 5.22. The molecule has 2 heterocycles. The van der Waals surface area contributed by atoms with Gasteiger partial charge < -0.3 is 10.1 Å². The fraction of sp³-hybridized carbons (Fsp3) is 0.300. The molecule has 4 rings (SSSR count). The Bertz CT molecular complexity index is 945. The Morgan fingerprint density at radius 3 is 2.70 bits per heavy atom. The molecule has 1 fully saturated rings. The zero-order valence-corrected chi connectivity index (χ0v) is 16.5. The van der Waals surface area contributed by atoms with Crippen LogP contribution in [0, 0.1) is 0 Å². The van der Waals surface area contributed by atoms with Crippen molar-refractivity contribution in [3.8, 4) is 0 Å². The van der Waals surface area contributed by atoms with Gasteiger partial charge in [-0.15, -0.1) is 0 Å². The van der Waals surface area contributed by atoms with Crippen molar-refractivity contribution in [3.63, 3.8) is 0 Å². The fourth-order valence-electron chi connectivity index (χ4n) is 3.29. The highest BCUT2D eigenvalue weighted by molar-refractivity contribution is 9.10. The summed E-state index contributed by atoms with van der Waals surface area (Å²) in [6.07, 6.45) is 1.90. The number of rotatable bonds is 5. The minimum Gasteiger partial charge on any atom is -0.379 e. The Morgan fingerprint density at radius 2 is 1.89 bits per heavy atom. The maximum Gasteiger partial charge on any atom is 0.257 e. The molecular weight excluding hydrogens is 408 g/mol. The molecule has 1 amide bonds. The van der Waals surface area contributed by atoms with Gasteiger partial charge in [0.1, 0.15) is 0 Å². The van der Waals surface area contributed by atoms with Crippen molar-refractivity contribution < 1.29 is 9.53 Å². The molecule has 3 aromatic rings. The first-order valence-electron chi connectivity index (χ1n) is 9.03. The molecule has 1 aliphatic rings. The van der Waals surface area contributed by atoms with E-state index in [0.29, 0.717) is 11.4 Å². The summed E-state index contributed by atoms with van der Waals surface area (Å²) in [4.78, 5) is 15.1. The molecule has 0 aliphatic carbocycles. The number of halogens is 1. The highest BCUT2D eigenvalue weighted by atomic mass is 79.9. The molecule has 0 atom stereocenters. The van der Waals surface area contributed by atoms with Crippen LogP contribution in [0.5, 0.6) is 0 Å². The molecule has 1 N–H and O–H groups in total. The maximum atomic E-state index is 12.8. The van der Waals surface area contributed by atoms with Gasteiger partial charge in [-0.3, -0.25) is 14.4 Å². The Morgan fingerprint density at radius 1 is 1.11 bits per heavy atom. The minimum atomic E-state index is -0.161. The predicted molar refractivity (Wildman–Crippen MR) is 109 cm³/mol. The molecule has 1 aromatic heterocycles. The molecule has 140 valence electrons. The lowest BCUT2D eigenvalue weighted by atomic mass is 10.0. The summed E-state index contributed by atoms with van der Waals surface area (Å²) >= 11 is 3.55. The van der Waals surface area contributed by atoms with Crippen molar-refractivity contribution in [1.29, 1.82) is 0 Å². The van der Waals surface area contributed by atoms with E-state index in [4.69, 9.17) is 4.74 Å². The van der Waals surface area contributed by atoms with Gasteiger partial charge >= 0.3 is 0 Å². The summed E-state index contributed by atoms with van der Waals surface area (Å²) in [5.41, 5.74) is 0.628. The van der Waals surface area contributed by atoms with Gasteiger partial charge in [-0.25, -0.2) is 0 Å². The van der Waals surface area contributed by atoms with Crippen LogP contribution in [0.15, 0.2) is 53.1 Å². The number of morpholine rings is 1. The number of aromatic nitrogens is 2. The topological polar surface area (TPSA) is 59.4 Å². The first-order chi connectivity index (χ1) is 13.2. The molecule has 6 nitrogen and oxygen atoms in total. The SMILES string of the molecule is O=C(Nc1ccn(CCN2CCOCC2)n1)c1cccc2cccc(Br)c12. The summed E-state index contributed by atoms with van der Waals surface area (Å²) in [5.74, 6) is 0.400. The number of nitrogens with one attached hydrogen (secondary N) is 1. The van der Waals surface area contributed by atoms with Crippen LogP contribution in [0.4, 0.5) is 5.82 Å². The first kappa shape index (κ1) is 18.2. The Kier molecular flexibility index (Phi) is 5.52. The molecular formula is C20H21BrN4O2. The smallest absolute Gasteiger partial charge is 0.257 e. The second kappa shape index (κ2) is 8.21. The molecule has 0 radical (unpaired) electrons. The van der Waals surface area contributed by atoms with Crippen molar-refractivity contribution in [2.75, 3.05) is 38.2 Å². The predicted octanol–water partition coefficient (Wildman–Crippen LogP) is 3.38. The molecule has 1 saturated heterocycles. The number of carbonyl (C=O) groups is 1. The number of carbonyl (C=O) groups excluding carboxylic acids is 1. The molecule has 7 heteroatoms. The van der Waals surface area contributed by atoms with Gasteiger partial charge in [0.25, 0.3) is 5.91 Å².